The number of para-hydroxylation sites is 1. The highest BCUT2D eigenvalue weighted by molar-refractivity contribution is 7.98. The van der Waals surface area contributed by atoms with E-state index in [0.717, 1.165) is 27.5 Å². The van der Waals surface area contributed by atoms with Crippen LogP contribution in [0.4, 0.5) is 5.13 Å². The van der Waals surface area contributed by atoms with E-state index in [-0.39, 0.29) is 5.91 Å². The third-order valence-electron chi connectivity index (χ3n) is 3.97. The number of thiazole rings is 1. The lowest BCUT2D eigenvalue weighted by Crippen LogP contribution is -2.27. The Morgan fingerprint density at radius 3 is 2.73 bits per heavy atom. The fourth-order valence-corrected chi connectivity index (χ4v) is 4.57. The van der Waals surface area contributed by atoms with Gasteiger partial charge in [0.05, 0.1) is 11.4 Å². The molecular formula is C18H21N5OS2. The fraction of sp³-hybridized carbons (Fsp3) is 0.333. The molecule has 2 heterocycles. The summed E-state index contributed by atoms with van der Waals surface area (Å²) in [5.41, 5.74) is 3.20. The molecule has 3 aromatic rings. The van der Waals surface area contributed by atoms with E-state index in [1.54, 1.807) is 23.6 Å². The summed E-state index contributed by atoms with van der Waals surface area (Å²) in [6.45, 7) is 8.17. The molecule has 0 saturated carbocycles. The predicted octanol–water partition coefficient (Wildman–Crippen LogP) is 4.01. The normalized spacial score (nSPS) is 10.9. The van der Waals surface area contributed by atoms with E-state index in [9.17, 15) is 4.79 Å². The van der Waals surface area contributed by atoms with Gasteiger partial charge in [0.2, 0.25) is 5.91 Å². The number of benzene rings is 1. The van der Waals surface area contributed by atoms with Crippen LogP contribution >= 0.6 is 23.1 Å². The van der Waals surface area contributed by atoms with Crippen LogP contribution in [0.5, 0.6) is 0 Å². The Labute approximate surface area is 161 Å². The molecular weight excluding hydrogens is 366 g/mol. The zero-order chi connectivity index (χ0) is 18.7. The third kappa shape index (κ3) is 3.81. The lowest BCUT2D eigenvalue weighted by molar-refractivity contribution is -0.116. The molecule has 0 aliphatic heterocycles. The average molecular weight is 388 g/mol. The highest BCUT2D eigenvalue weighted by Gasteiger charge is 2.16. The summed E-state index contributed by atoms with van der Waals surface area (Å²) >= 11 is 3.09. The lowest BCUT2D eigenvalue weighted by Gasteiger charge is -2.14. The first-order chi connectivity index (χ1) is 12.5. The molecule has 0 spiro atoms. The Morgan fingerprint density at radius 2 is 2.04 bits per heavy atom. The van der Waals surface area contributed by atoms with Crippen LogP contribution in [0.2, 0.25) is 0 Å². The number of thioether (sulfide) groups is 1. The molecule has 2 aromatic heterocycles. The summed E-state index contributed by atoms with van der Waals surface area (Å²) in [6, 6.07) is 8.19. The van der Waals surface area contributed by atoms with Crippen LogP contribution in [0.25, 0.3) is 5.69 Å². The number of aryl methyl sites for hydroxylation is 2. The van der Waals surface area contributed by atoms with Crippen molar-refractivity contribution in [1.82, 2.24) is 19.7 Å². The summed E-state index contributed by atoms with van der Waals surface area (Å²) in [5.74, 6) is 1.54. The van der Waals surface area contributed by atoms with Crippen molar-refractivity contribution in [1.29, 1.82) is 0 Å². The van der Waals surface area contributed by atoms with Crippen LogP contribution < -0.4 is 4.90 Å². The minimum absolute atomic E-state index is 0.0102. The first-order valence-electron chi connectivity index (χ1n) is 8.34. The van der Waals surface area contributed by atoms with Crippen molar-refractivity contribution >= 4 is 34.1 Å². The van der Waals surface area contributed by atoms with Crippen LogP contribution in [-0.4, -0.2) is 32.2 Å². The van der Waals surface area contributed by atoms with Gasteiger partial charge in [0.25, 0.3) is 0 Å². The maximum Gasteiger partial charge on any atom is 0.225 e. The molecule has 0 aliphatic carbocycles. The van der Waals surface area contributed by atoms with Crippen LogP contribution in [0, 0.1) is 13.8 Å². The van der Waals surface area contributed by atoms with Crippen LogP contribution in [0.15, 0.2) is 34.8 Å². The second-order valence-electron chi connectivity index (χ2n) is 5.83. The minimum Gasteiger partial charge on any atom is -0.289 e. The van der Waals surface area contributed by atoms with Crippen LogP contribution in [-0.2, 0) is 10.5 Å². The molecule has 3 rings (SSSR count). The second kappa shape index (κ2) is 8.01. The summed E-state index contributed by atoms with van der Waals surface area (Å²) in [6.07, 6.45) is 0. The molecule has 8 heteroatoms. The first kappa shape index (κ1) is 18.6. The molecule has 0 N–H and O–H groups in total. The van der Waals surface area contributed by atoms with Gasteiger partial charge in [-0.25, -0.2) is 4.98 Å². The van der Waals surface area contributed by atoms with E-state index in [1.807, 2.05) is 31.4 Å². The number of hydrogen-bond acceptors (Lipinski definition) is 6. The SMILES string of the molecule is CCN(C(C)=O)c1nc(CSc2nnc(C)n2-c2ccccc2C)cs1. The monoisotopic (exact) mass is 387 g/mol. The van der Waals surface area contributed by atoms with E-state index in [0.29, 0.717) is 12.3 Å². The zero-order valence-electron chi connectivity index (χ0n) is 15.3. The highest BCUT2D eigenvalue weighted by Crippen LogP contribution is 2.28. The van der Waals surface area contributed by atoms with Gasteiger partial charge < -0.3 is 0 Å². The molecule has 136 valence electrons. The van der Waals surface area contributed by atoms with Gasteiger partial charge in [-0.05, 0) is 32.4 Å². The van der Waals surface area contributed by atoms with Gasteiger partial charge in [0.1, 0.15) is 5.82 Å². The predicted molar refractivity (Wildman–Crippen MR) is 106 cm³/mol. The van der Waals surface area contributed by atoms with Crippen LogP contribution in [0.3, 0.4) is 0 Å². The van der Waals surface area contributed by atoms with E-state index in [1.165, 1.54) is 16.9 Å². The Balaban J connectivity index is 1.79. The molecule has 0 bridgehead atoms. The standard InChI is InChI=1S/C18H21N5OS2/c1-5-22(14(4)24)17-19-15(10-25-17)11-26-18-21-20-13(3)23(18)16-9-7-6-8-12(16)2/h6-10H,5,11H2,1-4H3. The number of amides is 1. The van der Waals surface area contributed by atoms with Gasteiger partial charge >= 0.3 is 0 Å². The highest BCUT2D eigenvalue weighted by atomic mass is 32.2. The van der Waals surface area contributed by atoms with E-state index < -0.39 is 0 Å². The number of nitrogens with zero attached hydrogens (tertiary/aromatic N) is 5. The quantitative estimate of drug-likeness (QED) is 0.598. The van der Waals surface area contributed by atoms with Crippen LogP contribution in [0.1, 0.15) is 30.9 Å². The number of carbonyl (C=O) groups excluding carboxylic acids is 1. The first-order valence-corrected chi connectivity index (χ1v) is 10.2. The summed E-state index contributed by atoms with van der Waals surface area (Å²) in [7, 11) is 0. The lowest BCUT2D eigenvalue weighted by atomic mass is 10.2. The number of anilines is 1. The zero-order valence-corrected chi connectivity index (χ0v) is 16.9. The maximum absolute atomic E-state index is 11.7. The number of rotatable bonds is 6. The molecule has 26 heavy (non-hydrogen) atoms. The summed E-state index contributed by atoms with van der Waals surface area (Å²) in [4.78, 5) is 17.9. The molecule has 0 radical (unpaired) electrons. The Morgan fingerprint density at radius 1 is 1.27 bits per heavy atom. The largest absolute Gasteiger partial charge is 0.289 e. The van der Waals surface area contributed by atoms with Crippen molar-refractivity contribution < 1.29 is 4.79 Å². The fourth-order valence-electron chi connectivity index (χ4n) is 2.65. The molecule has 0 aliphatic rings. The van der Waals surface area contributed by atoms with Crippen molar-refractivity contribution in [2.24, 2.45) is 0 Å². The maximum atomic E-state index is 11.7. The average Bonchev–Trinajstić information content (AvgIpc) is 3.21. The molecule has 0 saturated heterocycles. The van der Waals surface area contributed by atoms with Gasteiger partial charge in [-0.15, -0.1) is 21.5 Å². The molecule has 0 fully saturated rings. The van der Waals surface area contributed by atoms with E-state index in [4.69, 9.17) is 0 Å². The second-order valence-corrected chi connectivity index (χ2v) is 7.60. The van der Waals surface area contributed by atoms with E-state index >= 15 is 0 Å². The van der Waals surface area contributed by atoms with Gasteiger partial charge in [-0.3, -0.25) is 14.3 Å². The van der Waals surface area contributed by atoms with Gasteiger partial charge in [-0.2, -0.15) is 0 Å². The van der Waals surface area contributed by atoms with Crippen molar-refractivity contribution in [2.75, 3.05) is 11.4 Å². The third-order valence-corrected chi connectivity index (χ3v) is 5.84. The molecule has 0 atom stereocenters. The topological polar surface area (TPSA) is 63.9 Å². The van der Waals surface area contributed by atoms with Gasteiger partial charge in [0.15, 0.2) is 10.3 Å². The summed E-state index contributed by atoms with van der Waals surface area (Å²) in [5, 5.41) is 12.1. The molecule has 1 amide bonds. The molecule has 1 aromatic carbocycles. The van der Waals surface area contributed by atoms with Crippen molar-refractivity contribution in [3.63, 3.8) is 0 Å². The van der Waals surface area contributed by atoms with Gasteiger partial charge in [0, 0.05) is 24.6 Å². The Bertz CT molecular complexity index is 918. The number of hydrogen-bond donors (Lipinski definition) is 0. The number of aromatic nitrogens is 4. The van der Waals surface area contributed by atoms with Crippen molar-refractivity contribution in [2.45, 2.75) is 38.6 Å². The van der Waals surface area contributed by atoms with E-state index in [2.05, 4.69) is 38.8 Å². The minimum atomic E-state index is 0.0102. The Hall–Kier alpha value is -2.19. The van der Waals surface area contributed by atoms with Gasteiger partial charge in [-0.1, -0.05) is 30.0 Å². The Kier molecular flexibility index (Phi) is 5.73. The summed E-state index contributed by atoms with van der Waals surface area (Å²) < 4.78 is 2.07. The van der Waals surface area contributed by atoms with Crippen molar-refractivity contribution in [3.05, 3.63) is 46.7 Å². The number of carbonyl (C=O) groups is 1. The molecule has 0 unspecified atom stereocenters. The smallest absolute Gasteiger partial charge is 0.225 e. The molecule has 6 nitrogen and oxygen atoms in total. The van der Waals surface area contributed by atoms with Crippen molar-refractivity contribution in [3.8, 4) is 5.69 Å².